The topological polar surface area (TPSA) is 29.3 Å². The molecule has 0 aromatic rings. The molecule has 1 rings (SSSR count). The highest BCUT2D eigenvalue weighted by atomic mass is 15.2. The summed E-state index contributed by atoms with van der Waals surface area (Å²) in [6.45, 7) is 9.09. The molecule has 1 aliphatic rings. The molecule has 0 amide bonds. The third-order valence-electron chi connectivity index (χ3n) is 3.96. The van der Waals surface area contributed by atoms with Gasteiger partial charge in [0.2, 0.25) is 0 Å². The van der Waals surface area contributed by atoms with E-state index in [4.69, 9.17) is 5.73 Å². The Bertz CT molecular complexity index is 182. The fraction of sp³-hybridized carbons (Fsp3) is 1.00. The van der Waals surface area contributed by atoms with Crippen molar-refractivity contribution < 1.29 is 0 Å². The molecule has 0 bridgehead atoms. The molecular formula is C14H30N2. The zero-order chi connectivity index (χ0) is 12.0. The van der Waals surface area contributed by atoms with Gasteiger partial charge >= 0.3 is 0 Å². The Morgan fingerprint density at radius 3 is 2.50 bits per heavy atom. The molecule has 0 aromatic carbocycles. The molecule has 16 heavy (non-hydrogen) atoms. The molecular weight excluding hydrogens is 196 g/mol. The maximum atomic E-state index is 5.93. The van der Waals surface area contributed by atoms with Crippen molar-refractivity contribution in [2.24, 2.45) is 11.7 Å². The highest BCUT2D eigenvalue weighted by molar-refractivity contribution is 4.85. The minimum atomic E-state index is 0.636. The zero-order valence-electron chi connectivity index (χ0n) is 11.4. The van der Waals surface area contributed by atoms with E-state index in [0.29, 0.717) is 6.04 Å². The summed E-state index contributed by atoms with van der Waals surface area (Å²) in [5.41, 5.74) is 5.93. The van der Waals surface area contributed by atoms with Crippen LogP contribution < -0.4 is 5.73 Å². The van der Waals surface area contributed by atoms with Crippen molar-refractivity contribution >= 4 is 0 Å². The number of likely N-dealkylation sites (tertiary alicyclic amines) is 1. The summed E-state index contributed by atoms with van der Waals surface area (Å²) in [6.07, 6.45) is 8.09. The molecule has 1 fully saturated rings. The van der Waals surface area contributed by atoms with Crippen LogP contribution >= 0.6 is 0 Å². The van der Waals surface area contributed by atoms with Crippen LogP contribution in [0.25, 0.3) is 0 Å². The smallest absolute Gasteiger partial charge is 0.0221 e. The highest BCUT2D eigenvalue weighted by Gasteiger charge is 2.30. The SMILES string of the molecule is CCCCCCC(CN)N1CC(C)CC1C. The maximum absolute atomic E-state index is 5.93. The van der Waals surface area contributed by atoms with E-state index in [9.17, 15) is 0 Å². The van der Waals surface area contributed by atoms with Gasteiger partial charge in [0.15, 0.2) is 0 Å². The number of hydrogen-bond acceptors (Lipinski definition) is 2. The van der Waals surface area contributed by atoms with Crippen molar-refractivity contribution in [3.63, 3.8) is 0 Å². The largest absolute Gasteiger partial charge is 0.329 e. The van der Waals surface area contributed by atoms with Gasteiger partial charge in [0.05, 0.1) is 0 Å². The average molecular weight is 226 g/mol. The van der Waals surface area contributed by atoms with Gasteiger partial charge in [0.1, 0.15) is 0 Å². The van der Waals surface area contributed by atoms with Gasteiger partial charge < -0.3 is 5.73 Å². The van der Waals surface area contributed by atoms with Gasteiger partial charge in [0.25, 0.3) is 0 Å². The van der Waals surface area contributed by atoms with Crippen molar-refractivity contribution in [3.05, 3.63) is 0 Å². The maximum Gasteiger partial charge on any atom is 0.0221 e. The Labute approximate surface area is 102 Å². The molecule has 3 unspecified atom stereocenters. The Morgan fingerprint density at radius 1 is 1.25 bits per heavy atom. The molecule has 2 heteroatoms. The van der Waals surface area contributed by atoms with Gasteiger partial charge in [0, 0.05) is 25.2 Å². The summed E-state index contributed by atoms with van der Waals surface area (Å²) >= 11 is 0. The minimum Gasteiger partial charge on any atom is -0.329 e. The molecule has 0 saturated carbocycles. The van der Waals surface area contributed by atoms with E-state index in [-0.39, 0.29) is 0 Å². The predicted octanol–water partition coefficient (Wildman–Crippen LogP) is 3.01. The van der Waals surface area contributed by atoms with Crippen LogP contribution in [0.1, 0.15) is 59.3 Å². The predicted molar refractivity (Wildman–Crippen MR) is 71.6 cm³/mol. The molecule has 1 heterocycles. The lowest BCUT2D eigenvalue weighted by atomic mass is 10.1. The molecule has 0 radical (unpaired) electrons. The zero-order valence-corrected chi connectivity index (χ0v) is 11.4. The lowest BCUT2D eigenvalue weighted by Gasteiger charge is -2.30. The minimum absolute atomic E-state index is 0.636. The van der Waals surface area contributed by atoms with Crippen LogP contribution in [0.5, 0.6) is 0 Å². The second kappa shape index (κ2) is 7.29. The highest BCUT2D eigenvalue weighted by Crippen LogP contribution is 2.26. The van der Waals surface area contributed by atoms with E-state index in [1.165, 1.54) is 45.1 Å². The lowest BCUT2D eigenvalue weighted by molar-refractivity contribution is 0.178. The van der Waals surface area contributed by atoms with Crippen LogP contribution in [-0.2, 0) is 0 Å². The number of unbranched alkanes of at least 4 members (excludes halogenated alkanes) is 3. The quantitative estimate of drug-likeness (QED) is 0.676. The van der Waals surface area contributed by atoms with Crippen LogP contribution in [0.15, 0.2) is 0 Å². The number of nitrogens with two attached hydrogens (primary N) is 1. The third-order valence-corrected chi connectivity index (χ3v) is 3.96. The van der Waals surface area contributed by atoms with Gasteiger partial charge in [-0.1, -0.05) is 39.5 Å². The van der Waals surface area contributed by atoms with E-state index in [1.54, 1.807) is 0 Å². The molecule has 1 aliphatic heterocycles. The van der Waals surface area contributed by atoms with E-state index in [1.807, 2.05) is 0 Å². The van der Waals surface area contributed by atoms with Crippen molar-refractivity contribution in [1.82, 2.24) is 4.90 Å². The van der Waals surface area contributed by atoms with Crippen LogP contribution in [0, 0.1) is 5.92 Å². The molecule has 0 aromatic heterocycles. The van der Waals surface area contributed by atoms with Crippen molar-refractivity contribution in [2.45, 2.75) is 71.4 Å². The third kappa shape index (κ3) is 4.06. The monoisotopic (exact) mass is 226 g/mol. The Hall–Kier alpha value is -0.0800. The summed E-state index contributed by atoms with van der Waals surface area (Å²) in [6, 6.07) is 1.38. The Kier molecular flexibility index (Phi) is 6.37. The van der Waals surface area contributed by atoms with Crippen molar-refractivity contribution in [2.75, 3.05) is 13.1 Å². The van der Waals surface area contributed by atoms with Crippen LogP contribution in [0.3, 0.4) is 0 Å². The normalized spacial score (nSPS) is 28.5. The summed E-state index contributed by atoms with van der Waals surface area (Å²) in [5, 5.41) is 0. The standard InChI is InChI=1S/C14H30N2/c1-4-5-6-7-8-14(10-15)16-11-12(2)9-13(16)3/h12-14H,4-11,15H2,1-3H3. The number of rotatable bonds is 7. The van der Waals surface area contributed by atoms with Crippen molar-refractivity contribution in [1.29, 1.82) is 0 Å². The van der Waals surface area contributed by atoms with Crippen LogP contribution in [-0.4, -0.2) is 30.1 Å². The first-order chi connectivity index (χ1) is 7.69. The van der Waals surface area contributed by atoms with Gasteiger partial charge in [-0.05, 0) is 25.7 Å². The fourth-order valence-electron chi connectivity index (χ4n) is 3.07. The summed E-state index contributed by atoms with van der Waals surface area (Å²) in [7, 11) is 0. The van der Waals surface area contributed by atoms with Crippen LogP contribution in [0.2, 0.25) is 0 Å². The van der Waals surface area contributed by atoms with Gasteiger partial charge in [-0.25, -0.2) is 0 Å². The number of nitrogens with zero attached hydrogens (tertiary/aromatic N) is 1. The summed E-state index contributed by atoms with van der Waals surface area (Å²) < 4.78 is 0. The summed E-state index contributed by atoms with van der Waals surface area (Å²) in [5.74, 6) is 0.861. The molecule has 1 saturated heterocycles. The van der Waals surface area contributed by atoms with E-state index < -0.39 is 0 Å². The molecule has 2 N–H and O–H groups in total. The first-order valence-corrected chi connectivity index (χ1v) is 7.14. The molecule has 0 spiro atoms. The molecule has 0 aliphatic carbocycles. The molecule has 96 valence electrons. The van der Waals surface area contributed by atoms with E-state index >= 15 is 0 Å². The van der Waals surface area contributed by atoms with Crippen molar-refractivity contribution in [3.8, 4) is 0 Å². The van der Waals surface area contributed by atoms with Gasteiger partial charge in [-0.3, -0.25) is 4.90 Å². The second-order valence-corrected chi connectivity index (χ2v) is 5.63. The average Bonchev–Trinajstić information content (AvgIpc) is 2.58. The number of hydrogen-bond donors (Lipinski definition) is 1. The Balaban J connectivity index is 2.30. The van der Waals surface area contributed by atoms with Crippen LogP contribution in [0.4, 0.5) is 0 Å². The molecule has 2 nitrogen and oxygen atoms in total. The first-order valence-electron chi connectivity index (χ1n) is 7.14. The van der Waals surface area contributed by atoms with E-state index in [2.05, 4.69) is 25.7 Å². The Morgan fingerprint density at radius 2 is 2.00 bits per heavy atom. The van der Waals surface area contributed by atoms with Gasteiger partial charge in [-0.2, -0.15) is 0 Å². The second-order valence-electron chi connectivity index (χ2n) is 5.63. The fourth-order valence-corrected chi connectivity index (χ4v) is 3.07. The van der Waals surface area contributed by atoms with Gasteiger partial charge in [-0.15, -0.1) is 0 Å². The first kappa shape index (κ1) is 14.0. The lowest BCUT2D eigenvalue weighted by Crippen LogP contribution is -2.42. The summed E-state index contributed by atoms with van der Waals surface area (Å²) in [4.78, 5) is 2.65. The molecule has 3 atom stereocenters. The van der Waals surface area contributed by atoms with E-state index in [0.717, 1.165) is 18.5 Å².